The maximum Gasteiger partial charge on any atom is 0.411 e. The summed E-state index contributed by atoms with van der Waals surface area (Å²) in [5.41, 5.74) is 2.38. The zero-order valence-corrected chi connectivity index (χ0v) is 12.7. The summed E-state index contributed by atoms with van der Waals surface area (Å²) >= 11 is 0. The van der Waals surface area contributed by atoms with Crippen LogP contribution in [-0.2, 0) is 4.74 Å². The molecule has 1 heterocycles. The molecule has 1 fully saturated rings. The molecule has 1 saturated heterocycles. The molecule has 0 aromatic heterocycles. The van der Waals surface area contributed by atoms with Crippen LogP contribution in [-0.4, -0.2) is 25.3 Å². The zero-order chi connectivity index (χ0) is 15.8. The van der Waals surface area contributed by atoms with Gasteiger partial charge in [0.2, 0.25) is 0 Å². The van der Waals surface area contributed by atoms with E-state index in [1.165, 1.54) is 0 Å². The van der Waals surface area contributed by atoms with Gasteiger partial charge in [-0.2, -0.15) is 0 Å². The van der Waals surface area contributed by atoms with Gasteiger partial charge in [0.1, 0.15) is 6.10 Å². The standard InChI is InChI=1S/C18H22N2O2/c1-3-16(14-8-6-5-7-9-14)17(4-2)20-18(21)22-15-10-12-19-13-11-15/h3-9,15,19H,1-2,10-13H2,(H,20,21)/b17-16-. The Morgan fingerprint density at radius 2 is 1.86 bits per heavy atom. The Kier molecular flexibility index (Phi) is 5.98. The number of amides is 1. The molecule has 1 aliphatic rings. The van der Waals surface area contributed by atoms with Crippen molar-refractivity contribution in [1.82, 2.24) is 10.6 Å². The van der Waals surface area contributed by atoms with Gasteiger partial charge in [0.25, 0.3) is 0 Å². The summed E-state index contributed by atoms with van der Waals surface area (Å²) in [4.78, 5) is 12.1. The third kappa shape index (κ3) is 4.33. The van der Waals surface area contributed by atoms with Crippen LogP contribution in [0.2, 0.25) is 0 Å². The Labute approximate surface area is 131 Å². The van der Waals surface area contributed by atoms with Crippen LogP contribution >= 0.6 is 0 Å². The molecule has 4 heteroatoms. The Hall–Kier alpha value is -2.33. The number of rotatable bonds is 5. The van der Waals surface area contributed by atoms with Crippen LogP contribution in [0.15, 0.2) is 61.3 Å². The van der Waals surface area contributed by atoms with Crippen molar-refractivity contribution < 1.29 is 9.53 Å². The van der Waals surface area contributed by atoms with Gasteiger partial charge in [-0.25, -0.2) is 4.79 Å². The number of hydrogen-bond donors (Lipinski definition) is 2. The van der Waals surface area contributed by atoms with Crippen molar-refractivity contribution in [2.45, 2.75) is 18.9 Å². The number of carbonyl (C=O) groups is 1. The first-order chi connectivity index (χ1) is 10.7. The highest BCUT2D eigenvalue weighted by atomic mass is 16.6. The Morgan fingerprint density at radius 3 is 2.45 bits per heavy atom. The quantitative estimate of drug-likeness (QED) is 0.820. The average Bonchev–Trinajstić information content (AvgIpc) is 2.56. The van der Waals surface area contributed by atoms with Crippen molar-refractivity contribution >= 4 is 11.7 Å². The second-order valence-corrected chi connectivity index (χ2v) is 5.08. The second kappa shape index (κ2) is 8.20. The predicted molar refractivity (Wildman–Crippen MR) is 89.3 cm³/mol. The van der Waals surface area contributed by atoms with E-state index in [0.717, 1.165) is 37.1 Å². The number of piperidine rings is 1. The predicted octanol–water partition coefficient (Wildman–Crippen LogP) is 3.25. The molecule has 0 unspecified atom stereocenters. The highest BCUT2D eigenvalue weighted by molar-refractivity contribution is 5.82. The van der Waals surface area contributed by atoms with E-state index in [-0.39, 0.29) is 6.10 Å². The van der Waals surface area contributed by atoms with Gasteiger partial charge in [-0.3, -0.25) is 5.32 Å². The van der Waals surface area contributed by atoms with Crippen LogP contribution in [0.4, 0.5) is 4.79 Å². The van der Waals surface area contributed by atoms with Crippen molar-refractivity contribution in [2.24, 2.45) is 0 Å². The highest BCUT2D eigenvalue weighted by Crippen LogP contribution is 2.19. The Morgan fingerprint density at radius 1 is 1.18 bits per heavy atom. The van der Waals surface area contributed by atoms with Gasteiger partial charge in [-0.15, -0.1) is 0 Å². The highest BCUT2D eigenvalue weighted by Gasteiger charge is 2.18. The molecule has 4 nitrogen and oxygen atoms in total. The molecule has 1 amide bonds. The van der Waals surface area contributed by atoms with Crippen LogP contribution in [0, 0.1) is 0 Å². The van der Waals surface area contributed by atoms with E-state index in [2.05, 4.69) is 23.8 Å². The maximum atomic E-state index is 12.1. The van der Waals surface area contributed by atoms with Crippen molar-refractivity contribution in [2.75, 3.05) is 13.1 Å². The number of benzene rings is 1. The Balaban J connectivity index is 2.09. The van der Waals surface area contributed by atoms with Gasteiger partial charge in [0, 0.05) is 5.57 Å². The molecule has 0 saturated carbocycles. The molecule has 1 aromatic rings. The molecular formula is C18H22N2O2. The SMILES string of the molecule is C=C/C(NC(=O)OC1CCNCC1)=C(\C=C)c1ccccc1. The van der Waals surface area contributed by atoms with Crippen LogP contribution in [0.5, 0.6) is 0 Å². The van der Waals surface area contributed by atoms with Gasteiger partial charge in [-0.1, -0.05) is 49.6 Å². The van der Waals surface area contributed by atoms with Crippen molar-refractivity contribution in [1.29, 1.82) is 0 Å². The first kappa shape index (κ1) is 16.0. The minimum atomic E-state index is -0.447. The minimum Gasteiger partial charge on any atom is -0.446 e. The lowest BCUT2D eigenvalue weighted by molar-refractivity contribution is 0.0817. The molecule has 0 aliphatic carbocycles. The van der Waals surface area contributed by atoms with Gasteiger partial charge in [0.15, 0.2) is 0 Å². The first-order valence-corrected chi connectivity index (χ1v) is 7.47. The second-order valence-electron chi connectivity index (χ2n) is 5.08. The summed E-state index contributed by atoms with van der Waals surface area (Å²) in [6.45, 7) is 9.35. The molecule has 22 heavy (non-hydrogen) atoms. The molecule has 0 spiro atoms. The number of allylic oxidation sites excluding steroid dienone is 3. The summed E-state index contributed by atoms with van der Waals surface area (Å²) in [6, 6.07) is 9.73. The lowest BCUT2D eigenvalue weighted by Gasteiger charge is -2.23. The van der Waals surface area contributed by atoms with E-state index < -0.39 is 6.09 Å². The fourth-order valence-corrected chi connectivity index (χ4v) is 2.43. The van der Waals surface area contributed by atoms with Gasteiger partial charge in [0.05, 0.1) is 5.70 Å². The molecule has 0 bridgehead atoms. The molecule has 1 aromatic carbocycles. The van der Waals surface area contributed by atoms with Gasteiger partial charge >= 0.3 is 6.09 Å². The number of hydrogen-bond acceptors (Lipinski definition) is 3. The molecule has 2 N–H and O–H groups in total. The van der Waals surface area contributed by atoms with E-state index in [1.807, 2.05) is 30.3 Å². The van der Waals surface area contributed by atoms with E-state index in [0.29, 0.717) is 5.70 Å². The van der Waals surface area contributed by atoms with E-state index in [4.69, 9.17) is 4.74 Å². The van der Waals surface area contributed by atoms with Crippen LogP contribution in [0.25, 0.3) is 5.57 Å². The van der Waals surface area contributed by atoms with Crippen LogP contribution < -0.4 is 10.6 Å². The molecule has 1 aliphatic heterocycles. The van der Waals surface area contributed by atoms with E-state index in [9.17, 15) is 4.79 Å². The van der Waals surface area contributed by atoms with Crippen LogP contribution in [0.3, 0.4) is 0 Å². The van der Waals surface area contributed by atoms with E-state index in [1.54, 1.807) is 12.2 Å². The summed E-state index contributed by atoms with van der Waals surface area (Å²) in [7, 11) is 0. The summed E-state index contributed by atoms with van der Waals surface area (Å²) in [5, 5.41) is 6.01. The average molecular weight is 298 g/mol. The van der Waals surface area contributed by atoms with Gasteiger partial charge in [-0.05, 0) is 37.6 Å². The molecular weight excluding hydrogens is 276 g/mol. The normalized spacial score (nSPS) is 16.4. The van der Waals surface area contributed by atoms with Crippen molar-refractivity contribution in [3.63, 3.8) is 0 Å². The fraction of sp³-hybridized carbons (Fsp3) is 0.278. The van der Waals surface area contributed by atoms with Crippen molar-refractivity contribution in [3.8, 4) is 0 Å². The first-order valence-electron chi connectivity index (χ1n) is 7.47. The maximum absolute atomic E-state index is 12.1. The van der Waals surface area contributed by atoms with E-state index >= 15 is 0 Å². The third-order valence-corrected chi connectivity index (χ3v) is 3.58. The topological polar surface area (TPSA) is 50.4 Å². The molecule has 0 atom stereocenters. The summed E-state index contributed by atoms with van der Waals surface area (Å²) < 4.78 is 5.45. The minimum absolute atomic E-state index is 0.0313. The van der Waals surface area contributed by atoms with Crippen molar-refractivity contribution in [3.05, 3.63) is 66.9 Å². The summed E-state index contributed by atoms with van der Waals surface area (Å²) in [6.07, 6.45) is 4.51. The number of ether oxygens (including phenoxy) is 1. The summed E-state index contributed by atoms with van der Waals surface area (Å²) in [5.74, 6) is 0. The third-order valence-electron chi connectivity index (χ3n) is 3.58. The molecule has 116 valence electrons. The lowest BCUT2D eigenvalue weighted by Crippen LogP contribution is -2.36. The Bertz CT molecular complexity index is 558. The van der Waals surface area contributed by atoms with Gasteiger partial charge < -0.3 is 10.1 Å². The molecule has 0 radical (unpaired) electrons. The lowest BCUT2D eigenvalue weighted by atomic mass is 10.0. The number of alkyl carbamates (subject to hydrolysis) is 1. The monoisotopic (exact) mass is 298 g/mol. The fourth-order valence-electron chi connectivity index (χ4n) is 2.43. The molecule has 2 rings (SSSR count). The van der Waals surface area contributed by atoms with Crippen LogP contribution in [0.1, 0.15) is 18.4 Å². The zero-order valence-electron chi connectivity index (χ0n) is 12.7. The number of nitrogens with one attached hydrogen (secondary N) is 2. The number of carbonyl (C=O) groups excluding carboxylic acids is 1. The smallest absolute Gasteiger partial charge is 0.411 e. The largest absolute Gasteiger partial charge is 0.446 e.